The number of hydrogen-bond acceptors (Lipinski definition) is 2. The molecule has 1 aromatic rings. The zero-order valence-corrected chi connectivity index (χ0v) is 13.4. The van der Waals surface area contributed by atoms with E-state index in [0.717, 1.165) is 27.6 Å². The quantitative estimate of drug-likeness (QED) is 0.666. The summed E-state index contributed by atoms with van der Waals surface area (Å²) in [5, 5.41) is 0. The van der Waals surface area contributed by atoms with Crippen molar-refractivity contribution in [1.82, 2.24) is 4.90 Å². The van der Waals surface area contributed by atoms with Crippen molar-refractivity contribution < 1.29 is 4.39 Å². The molecule has 0 aromatic heterocycles. The van der Waals surface area contributed by atoms with Gasteiger partial charge in [-0.05, 0) is 56.1 Å². The highest BCUT2D eigenvalue weighted by atomic mass is 79.9. The molecule has 4 heteroatoms. The lowest BCUT2D eigenvalue weighted by Crippen LogP contribution is -2.42. The van der Waals surface area contributed by atoms with E-state index in [0.29, 0.717) is 18.5 Å². The van der Waals surface area contributed by atoms with Crippen molar-refractivity contribution in [3.05, 3.63) is 28.0 Å². The fraction of sp³-hybridized carbons (Fsp3) is 0.588. The van der Waals surface area contributed by atoms with Gasteiger partial charge in [-0.1, -0.05) is 15.9 Å². The van der Waals surface area contributed by atoms with Crippen molar-refractivity contribution in [1.29, 1.82) is 0 Å². The predicted octanol–water partition coefficient (Wildman–Crippen LogP) is 4.64. The summed E-state index contributed by atoms with van der Waals surface area (Å²) in [5.74, 6) is 3.50. The number of rotatable bonds is 0. The Morgan fingerprint density at radius 1 is 1.10 bits per heavy atom. The van der Waals surface area contributed by atoms with Crippen molar-refractivity contribution in [2.45, 2.75) is 44.7 Å². The van der Waals surface area contributed by atoms with Crippen LogP contribution in [-0.2, 0) is 6.54 Å². The minimum absolute atomic E-state index is 0.119. The Morgan fingerprint density at radius 3 is 2.62 bits per heavy atom. The predicted molar refractivity (Wildman–Crippen MR) is 84.1 cm³/mol. The standard InChI is InChI=1S/C17H18BrFN2/c18-12-6-15(19)14-8-21-13-4-9-1-10(5-13)3-11(2-9)17(21)20-16(14)7-12/h6-7,9-11,13H,1-5,8H2. The first-order valence-corrected chi connectivity index (χ1v) is 8.80. The molecule has 2 saturated carbocycles. The van der Waals surface area contributed by atoms with Crippen LogP contribution in [0.3, 0.4) is 0 Å². The van der Waals surface area contributed by atoms with E-state index in [9.17, 15) is 4.39 Å². The zero-order chi connectivity index (χ0) is 14.1. The molecule has 0 radical (unpaired) electrons. The molecule has 1 aromatic carbocycles. The van der Waals surface area contributed by atoms with Gasteiger partial charge in [0.05, 0.1) is 5.69 Å². The topological polar surface area (TPSA) is 15.6 Å². The van der Waals surface area contributed by atoms with E-state index in [2.05, 4.69) is 20.8 Å². The summed E-state index contributed by atoms with van der Waals surface area (Å²) in [5.41, 5.74) is 1.62. The van der Waals surface area contributed by atoms with Crippen LogP contribution in [0.25, 0.3) is 0 Å². The summed E-state index contributed by atoms with van der Waals surface area (Å²) in [4.78, 5) is 7.37. The second kappa shape index (κ2) is 4.31. The van der Waals surface area contributed by atoms with Gasteiger partial charge in [0.25, 0.3) is 0 Å². The van der Waals surface area contributed by atoms with Crippen LogP contribution in [0.4, 0.5) is 10.1 Å². The highest BCUT2D eigenvalue weighted by Crippen LogP contribution is 2.50. The van der Waals surface area contributed by atoms with Crippen molar-refractivity contribution in [3.8, 4) is 0 Å². The van der Waals surface area contributed by atoms with E-state index in [1.54, 1.807) is 6.07 Å². The molecule has 2 aliphatic carbocycles. The van der Waals surface area contributed by atoms with E-state index in [1.807, 2.05) is 6.07 Å². The minimum Gasteiger partial charge on any atom is -0.352 e. The van der Waals surface area contributed by atoms with E-state index in [4.69, 9.17) is 4.99 Å². The Bertz CT molecular complexity index is 642. The first-order valence-electron chi connectivity index (χ1n) is 8.00. The van der Waals surface area contributed by atoms with E-state index in [1.165, 1.54) is 37.9 Å². The van der Waals surface area contributed by atoms with E-state index in [-0.39, 0.29) is 5.82 Å². The Balaban J connectivity index is 1.66. The molecular formula is C17H18BrFN2. The molecule has 0 spiro atoms. The first kappa shape index (κ1) is 12.6. The van der Waals surface area contributed by atoms with Crippen LogP contribution in [0, 0.1) is 23.6 Å². The molecule has 4 fully saturated rings. The number of amidine groups is 1. The third kappa shape index (κ3) is 1.84. The molecule has 2 saturated heterocycles. The number of hydrogen-bond donors (Lipinski definition) is 0. The third-order valence-electron chi connectivity index (χ3n) is 5.91. The number of fused-ring (bicyclic) bond motifs is 1. The first-order chi connectivity index (χ1) is 10.2. The number of aliphatic imine (C=N–C) groups is 1. The zero-order valence-electron chi connectivity index (χ0n) is 11.9. The Kier molecular flexibility index (Phi) is 2.59. The van der Waals surface area contributed by atoms with Crippen LogP contribution in [0.5, 0.6) is 0 Å². The van der Waals surface area contributed by atoms with Gasteiger partial charge in [0.15, 0.2) is 0 Å². The molecule has 0 N–H and O–H groups in total. The van der Waals surface area contributed by atoms with Crippen molar-refractivity contribution >= 4 is 27.5 Å². The summed E-state index contributed by atoms with van der Waals surface area (Å²) in [6.07, 6.45) is 6.60. The Labute approximate surface area is 132 Å². The minimum atomic E-state index is -0.119. The summed E-state index contributed by atoms with van der Waals surface area (Å²) in [7, 11) is 0. The molecule has 3 heterocycles. The van der Waals surface area contributed by atoms with Crippen LogP contribution in [0.2, 0.25) is 0 Å². The molecule has 0 amide bonds. The van der Waals surface area contributed by atoms with Gasteiger partial charge in [-0.2, -0.15) is 0 Å². The van der Waals surface area contributed by atoms with Gasteiger partial charge >= 0.3 is 0 Å². The van der Waals surface area contributed by atoms with E-state index < -0.39 is 0 Å². The molecule has 2 unspecified atom stereocenters. The summed E-state index contributed by atoms with van der Waals surface area (Å²) >= 11 is 3.39. The van der Waals surface area contributed by atoms with Gasteiger partial charge in [-0.15, -0.1) is 0 Å². The molecule has 2 atom stereocenters. The monoisotopic (exact) mass is 348 g/mol. The number of nitrogens with zero attached hydrogens (tertiary/aromatic N) is 2. The van der Waals surface area contributed by atoms with Crippen LogP contribution in [0.15, 0.2) is 21.6 Å². The average Bonchev–Trinajstić information content (AvgIpc) is 2.59. The molecule has 5 aliphatic rings. The Hall–Kier alpha value is -0.900. The molecular weight excluding hydrogens is 331 g/mol. The third-order valence-corrected chi connectivity index (χ3v) is 6.37. The van der Waals surface area contributed by atoms with Crippen LogP contribution < -0.4 is 0 Å². The molecule has 21 heavy (non-hydrogen) atoms. The van der Waals surface area contributed by atoms with Gasteiger partial charge in [-0.3, -0.25) is 0 Å². The molecule has 6 rings (SSSR count). The maximum absolute atomic E-state index is 14.3. The van der Waals surface area contributed by atoms with Gasteiger partial charge in [0.2, 0.25) is 0 Å². The fourth-order valence-electron chi connectivity index (χ4n) is 5.21. The summed E-state index contributed by atoms with van der Waals surface area (Å²) < 4.78 is 15.1. The average molecular weight is 349 g/mol. The fourth-order valence-corrected chi connectivity index (χ4v) is 5.63. The Morgan fingerprint density at radius 2 is 1.86 bits per heavy atom. The van der Waals surface area contributed by atoms with Crippen LogP contribution in [0.1, 0.15) is 37.7 Å². The maximum atomic E-state index is 14.3. The highest BCUT2D eigenvalue weighted by molar-refractivity contribution is 9.10. The van der Waals surface area contributed by atoms with Crippen LogP contribution >= 0.6 is 15.9 Å². The van der Waals surface area contributed by atoms with Crippen molar-refractivity contribution in [2.75, 3.05) is 0 Å². The van der Waals surface area contributed by atoms with Crippen molar-refractivity contribution in [3.63, 3.8) is 0 Å². The van der Waals surface area contributed by atoms with Gasteiger partial charge in [-0.25, -0.2) is 9.38 Å². The summed E-state index contributed by atoms with van der Waals surface area (Å²) in [6, 6.07) is 4.13. The second-order valence-electron chi connectivity index (χ2n) is 7.24. The largest absolute Gasteiger partial charge is 0.352 e. The molecule has 4 bridgehead atoms. The van der Waals surface area contributed by atoms with E-state index >= 15 is 0 Å². The normalized spacial score (nSPS) is 36.1. The lowest BCUT2D eigenvalue weighted by Gasteiger charge is -2.39. The van der Waals surface area contributed by atoms with Crippen molar-refractivity contribution in [2.24, 2.45) is 22.7 Å². The van der Waals surface area contributed by atoms with Gasteiger partial charge in [0, 0.05) is 28.5 Å². The highest BCUT2D eigenvalue weighted by Gasteiger charge is 2.46. The smallest absolute Gasteiger partial charge is 0.131 e. The maximum Gasteiger partial charge on any atom is 0.131 e. The molecule has 2 nitrogen and oxygen atoms in total. The van der Waals surface area contributed by atoms with Crippen LogP contribution in [-0.4, -0.2) is 16.8 Å². The van der Waals surface area contributed by atoms with Gasteiger partial charge < -0.3 is 4.90 Å². The number of halogens is 2. The second-order valence-corrected chi connectivity index (χ2v) is 8.16. The number of benzene rings is 1. The lowest BCUT2D eigenvalue weighted by molar-refractivity contribution is 0.127. The van der Waals surface area contributed by atoms with Gasteiger partial charge in [0.1, 0.15) is 11.7 Å². The molecule has 110 valence electrons. The SMILES string of the molecule is Fc1cc(Br)cc2c1CN1C(=N2)C2CC3CC(C2)CC1C3. The lowest BCUT2D eigenvalue weighted by atomic mass is 9.68. The summed E-state index contributed by atoms with van der Waals surface area (Å²) in [6.45, 7) is 0.716. The molecule has 3 aliphatic heterocycles.